The van der Waals surface area contributed by atoms with Gasteiger partial charge in [0.15, 0.2) is 0 Å². The van der Waals surface area contributed by atoms with Crippen LogP contribution in [-0.2, 0) is 18.9 Å². The van der Waals surface area contributed by atoms with Crippen molar-refractivity contribution in [3.8, 4) is 0 Å². The molecule has 0 atom stereocenters. The monoisotopic (exact) mass is 524 g/mol. The van der Waals surface area contributed by atoms with Crippen LogP contribution in [0.1, 0.15) is 16.7 Å². The molecule has 0 aliphatic carbocycles. The molecule has 0 spiro atoms. The molecule has 0 unspecified atom stereocenters. The number of carbonyl (C=O) groups excluding carboxylic acids is 2. The van der Waals surface area contributed by atoms with Crippen LogP contribution in [0.4, 0.5) is 47.3 Å². The highest BCUT2D eigenvalue weighted by Crippen LogP contribution is 2.31. The first kappa shape index (κ1) is 27.4. The number of anilines is 2. The summed E-state index contributed by atoms with van der Waals surface area (Å²) in [6.45, 7) is -0.0497. The highest BCUT2D eigenvalue weighted by atomic mass is 19.4. The van der Waals surface area contributed by atoms with Crippen LogP contribution in [0.2, 0.25) is 0 Å². The van der Waals surface area contributed by atoms with Gasteiger partial charge >= 0.3 is 24.4 Å². The Balaban J connectivity index is 1.64. The van der Waals surface area contributed by atoms with Crippen LogP contribution in [0.5, 0.6) is 0 Å². The van der Waals surface area contributed by atoms with Gasteiger partial charge in [0.25, 0.3) is 0 Å². The Morgan fingerprint density at radius 2 is 1.24 bits per heavy atom. The van der Waals surface area contributed by atoms with Gasteiger partial charge in [0, 0.05) is 31.0 Å². The first-order valence-electron chi connectivity index (χ1n) is 10.9. The first-order chi connectivity index (χ1) is 17.4. The fraction of sp³-hybridized carbons (Fsp3) is 0.200. The van der Waals surface area contributed by atoms with Gasteiger partial charge < -0.3 is 20.9 Å². The molecule has 0 bridgehead atoms. The Hall–Kier alpha value is -4.22. The third-order valence-electron chi connectivity index (χ3n) is 5.06. The molecule has 0 aromatic heterocycles. The Morgan fingerprint density at radius 1 is 0.703 bits per heavy atom. The molecule has 0 radical (unpaired) electrons. The topological polar surface area (TPSA) is 73.5 Å². The molecule has 0 saturated heterocycles. The molecule has 3 N–H and O–H groups in total. The van der Waals surface area contributed by atoms with Crippen LogP contribution in [0, 0.1) is 0 Å². The third-order valence-corrected chi connectivity index (χ3v) is 5.06. The minimum absolute atomic E-state index is 0.0459. The number of benzene rings is 3. The SMILES string of the molecule is O=C(NCCN(Cc1ccccc1)C(=O)Nc1cccc(C(F)(F)F)c1)Nc1cccc(C(F)(F)F)c1. The average Bonchev–Trinajstić information content (AvgIpc) is 2.83. The second kappa shape index (κ2) is 11.7. The molecule has 0 aliphatic rings. The number of nitrogens with one attached hydrogen (secondary N) is 3. The summed E-state index contributed by atoms with van der Waals surface area (Å²) in [7, 11) is 0. The summed E-state index contributed by atoms with van der Waals surface area (Å²) in [6.07, 6.45) is -9.15. The number of hydrogen-bond donors (Lipinski definition) is 3. The smallest absolute Gasteiger partial charge is 0.336 e. The summed E-state index contributed by atoms with van der Waals surface area (Å²) in [5.41, 5.74) is -1.25. The van der Waals surface area contributed by atoms with Crippen molar-refractivity contribution in [3.05, 3.63) is 95.6 Å². The first-order valence-corrected chi connectivity index (χ1v) is 10.9. The van der Waals surface area contributed by atoms with Crippen molar-refractivity contribution in [2.75, 3.05) is 23.7 Å². The molecule has 196 valence electrons. The van der Waals surface area contributed by atoms with Crippen molar-refractivity contribution in [1.82, 2.24) is 10.2 Å². The summed E-state index contributed by atoms with van der Waals surface area (Å²) in [5, 5.41) is 7.17. The highest BCUT2D eigenvalue weighted by Gasteiger charge is 2.31. The van der Waals surface area contributed by atoms with E-state index in [9.17, 15) is 35.9 Å². The van der Waals surface area contributed by atoms with Crippen molar-refractivity contribution in [2.45, 2.75) is 18.9 Å². The predicted molar refractivity (Wildman–Crippen MR) is 126 cm³/mol. The lowest BCUT2D eigenvalue weighted by molar-refractivity contribution is -0.138. The molecule has 0 heterocycles. The molecule has 37 heavy (non-hydrogen) atoms. The maximum Gasteiger partial charge on any atom is 0.416 e. The predicted octanol–water partition coefficient (Wildman–Crippen LogP) is 6.58. The Bertz CT molecular complexity index is 1220. The molecule has 3 rings (SSSR count). The average molecular weight is 524 g/mol. The van der Waals surface area contributed by atoms with Crippen LogP contribution in [0.15, 0.2) is 78.9 Å². The molecule has 0 aliphatic heterocycles. The van der Waals surface area contributed by atoms with E-state index < -0.39 is 35.5 Å². The zero-order valence-corrected chi connectivity index (χ0v) is 19.2. The van der Waals surface area contributed by atoms with E-state index in [0.29, 0.717) is 0 Å². The molecule has 12 heteroatoms. The van der Waals surface area contributed by atoms with Gasteiger partial charge in [-0.25, -0.2) is 9.59 Å². The van der Waals surface area contributed by atoms with Gasteiger partial charge in [-0.1, -0.05) is 42.5 Å². The number of halogens is 6. The minimum atomic E-state index is -4.58. The van der Waals surface area contributed by atoms with E-state index in [1.165, 1.54) is 23.1 Å². The van der Waals surface area contributed by atoms with E-state index in [-0.39, 0.29) is 31.0 Å². The van der Waals surface area contributed by atoms with Crippen molar-refractivity contribution >= 4 is 23.4 Å². The Kier molecular flexibility index (Phi) is 8.64. The maximum atomic E-state index is 13.0. The maximum absolute atomic E-state index is 13.0. The molecule has 4 amide bonds. The van der Waals surface area contributed by atoms with Gasteiger partial charge in [-0.15, -0.1) is 0 Å². The van der Waals surface area contributed by atoms with Crippen molar-refractivity contribution in [1.29, 1.82) is 0 Å². The zero-order valence-electron chi connectivity index (χ0n) is 19.2. The molecular formula is C25H22F6N4O2. The molecular weight excluding hydrogens is 502 g/mol. The van der Waals surface area contributed by atoms with E-state index in [1.54, 1.807) is 30.3 Å². The van der Waals surface area contributed by atoms with Crippen molar-refractivity contribution in [3.63, 3.8) is 0 Å². The number of nitrogens with zero attached hydrogens (tertiary/aromatic N) is 1. The summed E-state index contributed by atoms with van der Waals surface area (Å²) in [4.78, 5) is 26.3. The summed E-state index contributed by atoms with van der Waals surface area (Å²) in [5.74, 6) is 0. The second-order valence-corrected chi connectivity index (χ2v) is 7.88. The van der Waals surface area contributed by atoms with E-state index in [2.05, 4.69) is 16.0 Å². The van der Waals surface area contributed by atoms with E-state index >= 15 is 0 Å². The van der Waals surface area contributed by atoms with Crippen LogP contribution in [0.3, 0.4) is 0 Å². The lowest BCUT2D eigenvalue weighted by Gasteiger charge is -2.24. The number of amides is 4. The van der Waals surface area contributed by atoms with E-state index in [4.69, 9.17) is 0 Å². The third kappa shape index (κ3) is 8.44. The van der Waals surface area contributed by atoms with Crippen LogP contribution in [-0.4, -0.2) is 30.1 Å². The number of carbonyl (C=O) groups is 2. The summed E-state index contributed by atoms with van der Waals surface area (Å²) in [6, 6.07) is 15.5. The quantitative estimate of drug-likeness (QED) is 0.306. The van der Waals surface area contributed by atoms with Gasteiger partial charge in [-0.2, -0.15) is 26.3 Å². The fourth-order valence-electron chi connectivity index (χ4n) is 3.28. The van der Waals surface area contributed by atoms with Crippen molar-refractivity contribution < 1.29 is 35.9 Å². The second-order valence-electron chi connectivity index (χ2n) is 7.88. The number of hydrogen-bond acceptors (Lipinski definition) is 2. The van der Waals surface area contributed by atoms with Crippen LogP contribution >= 0.6 is 0 Å². The van der Waals surface area contributed by atoms with Gasteiger partial charge in [-0.3, -0.25) is 0 Å². The molecule has 3 aromatic carbocycles. The van der Waals surface area contributed by atoms with Gasteiger partial charge in [0.05, 0.1) is 11.1 Å². The van der Waals surface area contributed by atoms with Crippen molar-refractivity contribution in [2.24, 2.45) is 0 Å². The lowest BCUT2D eigenvalue weighted by Crippen LogP contribution is -2.41. The lowest BCUT2D eigenvalue weighted by atomic mass is 10.2. The normalized spacial score (nSPS) is 11.5. The van der Waals surface area contributed by atoms with Gasteiger partial charge in [0.2, 0.25) is 0 Å². The molecule has 0 fully saturated rings. The van der Waals surface area contributed by atoms with Crippen LogP contribution < -0.4 is 16.0 Å². The van der Waals surface area contributed by atoms with Crippen LogP contribution in [0.25, 0.3) is 0 Å². The number of rotatable bonds is 7. The zero-order chi connectivity index (χ0) is 27.1. The standard InChI is InChI=1S/C25H22F6N4O2/c26-24(27,28)18-8-4-10-20(14-18)33-22(36)32-12-13-35(16-17-6-2-1-3-7-17)23(37)34-21-11-5-9-19(15-21)25(29,30)31/h1-11,14-15H,12-13,16H2,(H,34,37)(H2,32,33,36). The molecule has 0 saturated carbocycles. The molecule has 6 nitrogen and oxygen atoms in total. The van der Waals surface area contributed by atoms with Gasteiger partial charge in [0.1, 0.15) is 0 Å². The van der Waals surface area contributed by atoms with Gasteiger partial charge in [-0.05, 0) is 42.0 Å². The fourth-order valence-corrected chi connectivity index (χ4v) is 3.28. The number of urea groups is 2. The number of alkyl halides is 6. The summed E-state index contributed by atoms with van der Waals surface area (Å²) < 4.78 is 77.6. The minimum Gasteiger partial charge on any atom is -0.336 e. The molecule has 3 aromatic rings. The largest absolute Gasteiger partial charge is 0.416 e. The summed E-state index contributed by atoms with van der Waals surface area (Å²) >= 11 is 0. The van der Waals surface area contributed by atoms with E-state index in [0.717, 1.165) is 35.9 Å². The Morgan fingerprint density at radius 3 is 1.78 bits per heavy atom. The highest BCUT2D eigenvalue weighted by molar-refractivity contribution is 5.90. The van der Waals surface area contributed by atoms with E-state index in [1.807, 2.05) is 0 Å². The Labute approximate surface area is 208 Å².